The fraction of sp³-hybridized carbons (Fsp3) is 0.400. The van der Waals surface area contributed by atoms with E-state index in [-0.39, 0.29) is 23.2 Å². The zero-order chi connectivity index (χ0) is 28.4. The summed E-state index contributed by atoms with van der Waals surface area (Å²) in [6.07, 6.45) is 6.65. The largest absolute Gasteiger partial charge is 0.485 e. The average Bonchev–Trinajstić information content (AvgIpc) is 2.87. The summed E-state index contributed by atoms with van der Waals surface area (Å²) in [5.74, 6) is 0.496. The predicted molar refractivity (Wildman–Crippen MR) is 160 cm³/mol. The van der Waals surface area contributed by atoms with Crippen molar-refractivity contribution >= 4 is 22.8 Å². The van der Waals surface area contributed by atoms with E-state index < -0.39 is 0 Å². The lowest BCUT2D eigenvalue weighted by Crippen LogP contribution is -2.40. The Morgan fingerprint density at radius 3 is 2.62 bits per heavy atom. The minimum Gasteiger partial charge on any atom is -0.485 e. The predicted octanol–water partition coefficient (Wildman–Crippen LogP) is 6.30. The van der Waals surface area contributed by atoms with Crippen molar-refractivity contribution in [2.75, 3.05) is 6.61 Å². The molecule has 0 saturated heterocycles. The molecule has 2 aromatic carbocycles. The van der Waals surface area contributed by atoms with E-state index in [1.54, 1.807) is 0 Å². The molecule has 3 heterocycles. The first kappa shape index (κ1) is 26.5. The molecule has 3 aliphatic heterocycles. The van der Waals surface area contributed by atoms with Crippen LogP contribution in [0.5, 0.6) is 5.75 Å². The highest BCUT2D eigenvalue weighted by Crippen LogP contribution is 2.41. The van der Waals surface area contributed by atoms with Crippen LogP contribution in [0.3, 0.4) is 0 Å². The number of aliphatic imine (C=N–C) groups is 1. The number of carbonyl (C=O) groups excluding carboxylic acids is 1. The first-order valence-corrected chi connectivity index (χ1v) is 14.4. The van der Waals surface area contributed by atoms with E-state index in [1.807, 2.05) is 31.2 Å². The monoisotopic (exact) mass is 534 g/mol. The molecular weight excluding hydrogens is 496 g/mol. The Kier molecular flexibility index (Phi) is 6.25. The normalized spacial score (nSPS) is 21.8. The average molecular weight is 535 g/mol. The Morgan fingerprint density at radius 2 is 1.85 bits per heavy atom. The molecule has 40 heavy (non-hydrogen) atoms. The maximum Gasteiger partial charge on any atom is 0.338 e. The zero-order valence-corrected chi connectivity index (χ0v) is 24.6. The molecule has 6 rings (SSSR count). The standard InChI is InChI=1S/C35H38N2O3/c1-8-13-39-33(38)23-12-10-9-11-22(23)32-26-14-24-20(2)18-34(4,5)36-28(24)16-30(26)40-31-17-29-25(15-27(31)32)21(3)19-35(6,7)37-29/h9-12,14-16,18,31H,8,13,17,19H2,1-7H3. The first-order valence-electron chi connectivity index (χ1n) is 14.4. The van der Waals surface area contributed by atoms with Gasteiger partial charge in [-0.15, -0.1) is 0 Å². The molecule has 0 aromatic heterocycles. The van der Waals surface area contributed by atoms with Gasteiger partial charge in [0.15, 0.2) is 0 Å². The molecule has 0 saturated carbocycles. The number of carbonyl (C=O) groups is 1. The lowest BCUT2D eigenvalue weighted by Gasteiger charge is -2.37. The lowest BCUT2D eigenvalue weighted by molar-refractivity contribution is 0.0504. The van der Waals surface area contributed by atoms with Gasteiger partial charge in [-0.05, 0) is 89.3 Å². The number of fused-ring (bicyclic) bond motifs is 4. The van der Waals surface area contributed by atoms with Crippen LogP contribution in [0.15, 0.2) is 75.3 Å². The highest BCUT2D eigenvalue weighted by atomic mass is 16.5. The molecule has 0 amide bonds. The molecular formula is C35H38N2O3. The zero-order valence-electron chi connectivity index (χ0n) is 24.6. The van der Waals surface area contributed by atoms with Crippen LogP contribution in [0, 0.1) is 0 Å². The van der Waals surface area contributed by atoms with Crippen molar-refractivity contribution in [3.63, 3.8) is 0 Å². The minimum atomic E-state index is -0.297. The summed E-state index contributed by atoms with van der Waals surface area (Å²) in [6, 6.07) is 12.1. The molecule has 1 aliphatic carbocycles. The van der Waals surface area contributed by atoms with E-state index in [9.17, 15) is 4.79 Å². The van der Waals surface area contributed by atoms with Crippen molar-refractivity contribution in [1.82, 2.24) is 0 Å². The van der Waals surface area contributed by atoms with E-state index in [2.05, 4.69) is 65.8 Å². The number of allylic oxidation sites excluding steroid dienone is 3. The van der Waals surface area contributed by atoms with Crippen molar-refractivity contribution in [3.8, 4) is 5.75 Å². The lowest BCUT2D eigenvalue weighted by atomic mass is 9.76. The molecule has 0 spiro atoms. The fourth-order valence-electron chi connectivity index (χ4n) is 6.67. The molecule has 0 fully saturated rings. The van der Waals surface area contributed by atoms with Crippen molar-refractivity contribution in [2.45, 2.75) is 84.9 Å². The molecule has 0 N–H and O–H groups in total. The summed E-state index contributed by atoms with van der Waals surface area (Å²) < 4.78 is 12.4. The van der Waals surface area contributed by atoms with Gasteiger partial charge in [-0.2, -0.15) is 0 Å². The SMILES string of the molecule is CCCOC(=O)c1ccccc1C1=c2cc3c(cc2OC2CC4=NC(C)(C)CC(C)=C4C=C12)=NC(C)(C)C=C3C. The number of ether oxygens (including phenoxy) is 2. The molecule has 0 radical (unpaired) electrons. The highest BCUT2D eigenvalue weighted by molar-refractivity contribution is 6.08. The summed E-state index contributed by atoms with van der Waals surface area (Å²) in [6.45, 7) is 15.4. The summed E-state index contributed by atoms with van der Waals surface area (Å²) in [5, 5.41) is 1.92. The smallest absolute Gasteiger partial charge is 0.338 e. The van der Waals surface area contributed by atoms with Gasteiger partial charge in [0.05, 0.1) is 28.6 Å². The molecule has 2 aromatic rings. The molecule has 5 heteroatoms. The summed E-state index contributed by atoms with van der Waals surface area (Å²) >= 11 is 0. The maximum absolute atomic E-state index is 13.3. The number of benzene rings is 2. The summed E-state index contributed by atoms with van der Waals surface area (Å²) in [7, 11) is 0. The van der Waals surface area contributed by atoms with Crippen molar-refractivity contribution < 1.29 is 14.3 Å². The molecule has 1 unspecified atom stereocenters. The third kappa shape index (κ3) is 4.55. The van der Waals surface area contributed by atoms with Crippen molar-refractivity contribution in [2.24, 2.45) is 9.98 Å². The van der Waals surface area contributed by atoms with Gasteiger partial charge in [0, 0.05) is 40.1 Å². The number of nitrogens with zero attached hydrogens (tertiary/aromatic N) is 2. The summed E-state index contributed by atoms with van der Waals surface area (Å²) in [5.41, 5.74) is 9.08. The molecule has 4 aliphatic rings. The van der Waals surface area contributed by atoms with Crippen LogP contribution >= 0.6 is 0 Å². The van der Waals surface area contributed by atoms with Gasteiger partial charge in [-0.25, -0.2) is 4.79 Å². The van der Waals surface area contributed by atoms with Gasteiger partial charge in [0.2, 0.25) is 0 Å². The first-order chi connectivity index (χ1) is 19.0. The molecule has 5 nitrogen and oxygen atoms in total. The third-order valence-electron chi connectivity index (χ3n) is 8.11. The van der Waals surface area contributed by atoms with Crippen LogP contribution < -0.4 is 15.3 Å². The van der Waals surface area contributed by atoms with Gasteiger partial charge in [-0.1, -0.05) is 36.8 Å². The van der Waals surface area contributed by atoms with Gasteiger partial charge < -0.3 is 9.47 Å². The Balaban J connectivity index is 1.66. The van der Waals surface area contributed by atoms with Crippen LogP contribution in [0.4, 0.5) is 0 Å². The van der Waals surface area contributed by atoms with Crippen LogP contribution in [0.2, 0.25) is 0 Å². The maximum atomic E-state index is 13.3. The van der Waals surface area contributed by atoms with E-state index in [0.29, 0.717) is 18.6 Å². The topological polar surface area (TPSA) is 60.2 Å². The van der Waals surface area contributed by atoms with Gasteiger partial charge >= 0.3 is 5.97 Å². The van der Waals surface area contributed by atoms with Crippen molar-refractivity contribution in [3.05, 3.63) is 92.5 Å². The molecule has 1 atom stereocenters. The molecule has 206 valence electrons. The fourth-order valence-corrected chi connectivity index (χ4v) is 6.67. The number of esters is 1. The summed E-state index contributed by atoms with van der Waals surface area (Å²) in [4.78, 5) is 23.5. The van der Waals surface area contributed by atoms with Gasteiger partial charge in [0.25, 0.3) is 0 Å². The van der Waals surface area contributed by atoms with Crippen LogP contribution in [0.1, 0.15) is 89.2 Å². The molecule has 0 bridgehead atoms. The Labute approximate surface area is 236 Å². The van der Waals surface area contributed by atoms with E-state index in [1.165, 1.54) is 16.7 Å². The van der Waals surface area contributed by atoms with Gasteiger partial charge in [-0.3, -0.25) is 9.98 Å². The second kappa shape index (κ2) is 9.43. The number of dihydropyridines is 1. The second-order valence-electron chi connectivity index (χ2n) is 12.7. The van der Waals surface area contributed by atoms with Crippen LogP contribution in [-0.2, 0) is 4.74 Å². The van der Waals surface area contributed by atoms with E-state index in [0.717, 1.165) is 57.2 Å². The van der Waals surface area contributed by atoms with Gasteiger partial charge in [0.1, 0.15) is 11.9 Å². The number of rotatable bonds is 4. The Hall–Kier alpha value is -3.73. The van der Waals surface area contributed by atoms with E-state index >= 15 is 0 Å². The quantitative estimate of drug-likeness (QED) is 0.433. The third-order valence-corrected chi connectivity index (χ3v) is 8.11. The van der Waals surface area contributed by atoms with Crippen molar-refractivity contribution in [1.29, 1.82) is 0 Å². The van der Waals surface area contributed by atoms with E-state index in [4.69, 9.17) is 19.5 Å². The second-order valence-corrected chi connectivity index (χ2v) is 12.7. The van der Waals surface area contributed by atoms with Crippen LogP contribution in [0.25, 0.3) is 11.1 Å². The minimum absolute atomic E-state index is 0.129. The number of hydrogen-bond donors (Lipinski definition) is 0. The highest BCUT2D eigenvalue weighted by Gasteiger charge is 2.38. The Morgan fingerprint density at radius 1 is 1.07 bits per heavy atom. The van der Waals surface area contributed by atoms with Crippen LogP contribution in [-0.4, -0.2) is 35.5 Å². The Bertz CT molecular complexity index is 1700. The number of hydrogen-bond acceptors (Lipinski definition) is 5.